The fourth-order valence-electron chi connectivity index (χ4n) is 4.90. The summed E-state index contributed by atoms with van der Waals surface area (Å²) in [5, 5.41) is 3.30. The highest BCUT2D eigenvalue weighted by molar-refractivity contribution is 5.80. The summed E-state index contributed by atoms with van der Waals surface area (Å²) in [5.74, 6) is 0.917. The van der Waals surface area contributed by atoms with E-state index in [2.05, 4.69) is 33.3 Å². The molecule has 0 aliphatic carbocycles. The first-order valence-electron chi connectivity index (χ1n) is 10.8. The normalized spacial score (nSPS) is 20.5. The fourth-order valence-corrected chi connectivity index (χ4v) is 4.90. The summed E-state index contributed by atoms with van der Waals surface area (Å²) in [6.07, 6.45) is 4.13. The van der Waals surface area contributed by atoms with E-state index in [0.717, 1.165) is 56.6 Å². The quantitative estimate of drug-likeness (QED) is 0.501. The van der Waals surface area contributed by atoms with Crippen molar-refractivity contribution in [2.45, 2.75) is 31.2 Å². The molecule has 0 spiro atoms. The SMILES string of the molecule is CNc1cccc2c1N(CC=O)C1CCN(CCCCOc3ccc(F)cc3)CC21. The van der Waals surface area contributed by atoms with E-state index in [1.165, 1.54) is 23.4 Å². The molecule has 30 heavy (non-hydrogen) atoms. The van der Waals surface area contributed by atoms with Crippen LogP contribution in [0.25, 0.3) is 0 Å². The topological polar surface area (TPSA) is 44.8 Å². The van der Waals surface area contributed by atoms with Gasteiger partial charge in [0.25, 0.3) is 0 Å². The van der Waals surface area contributed by atoms with Gasteiger partial charge in [-0.2, -0.15) is 0 Å². The summed E-state index contributed by atoms with van der Waals surface area (Å²) in [7, 11) is 1.94. The molecular formula is C24H30FN3O2. The second-order valence-corrected chi connectivity index (χ2v) is 8.09. The number of hydrogen-bond acceptors (Lipinski definition) is 5. The molecule has 2 heterocycles. The van der Waals surface area contributed by atoms with Gasteiger partial charge in [0, 0.05) is 32.1 Å². The van der Waals surface area contributed by atoms with Gasteiger partial charge < -0.3 is 24.6 Å². The number of hydrogen-bond donors (Lipinski definition) is 1. The van der Waals surface area contributed by atoms with Gasteiger partial charge in [0.15, 0.2) is 0 Å². The molecule has 1 saturated heterocycles. The Morgan fingerprint density at radius 2 is 2.03 bits per heavy atom. The third kappa shape index (κ3) is 4.29. The molecule has 2 atom stereocenters. The Hall–Kier alpha value is -2.60. The van der Waals surface area contributed by atoms with E-state index in [0.29, 0.717) is 25.1 Å². The summed E-state index contributed by atoms with van der Waals surface area (Å²) in [5.41, 5.74) is 3.67. The van der Waals surface area contributed by atoms with Gasteiger partial charge in [0.2, 0.25) is 0 Å². The third-order valence-electron chi connectivity index (χ3n) is 6.31. The van der Waals surface area contributed by atoms with Crippen LogP contribution in [0.2, 0.25) is 0 Å². The van der Waals surface area contributed by atoms with Crippen molar-refractivity contribution in [3.63, 3.8) is 0 Å². The molecule has 160 valence electrons. The number of benzene rings is 2. The molecule has 5 nitrogen and oxygen atoms in total. The van der Waals surface area contributed by atoms with E-state index >= 15 is 0 Å². The van der Waals surface area contributed by atoms with Gasteiger partial charge >= 0.3 is 0 Å². The molecule has 0 amide bonds. The Balaban J connectivity index is 1.31. The second kappa shape index (κ2) is 9.47. The largest absolute Gasteiger partial charge is 0.494 e. The van der Waals surface area contributed by atoms with Crippen LogP contribution in [0.3, 0.4) is 0 Å². The van der Waals surface area contributed by atoms with Crippen molar-refractivity contribution in [2.75, 3.05) is 50.1 Å². The number of unbranched alkanes of at least 4 members (excludes halogenated alkanes) is 1. The molecule has 2 aromatic carbocycles. The summed E-state index contributed by atoms with van der Waals surface area (Å²) in [4.78, 5) is 16.2. The molecule has 2 aromatic rings. The smallest absolute Gasteiger partial charge is 0.139 e. The number of para-hydroxylation sites is 1. The highest BCUT2D eigenvalue weighted by Crippen LogP contribution is 2.47. The van der Waals surface area contributed by atoms with Crippen LogP contribution < -0.4 is 15.0 Å². The van der Waals surface area contributed by atoms with E-state index in [1.54, 1.807) is 12.1 Å². The van der Waals surface area contributed by atoms with Crippen LogP contribution >= 0.6 is 0 Å². The van der Waals surface area contributed by atoms with Gasteiger partial charge in [0.05, 0.1) is 24.5 Å². The lowest BCUT2D eigenvalue weighted by Crippen LogP contribution is -2.47. The Kier molecular flexibility index (Phi) is 6.53. The van der Waals surface area contributed by atoms with E-state index in [-0.39, 0.29) is 5.82 Å². The zero-order chi connectivity index (χ0) is 20.9. The van der Waals surface area contributed by atoms with Crippen LogP contribution in [0.15, 0.2) is 42.5 Å². The zero-order valence-corrected chi connectivity index (χ0v) is 17.5. The second-order valence-electron chi connectivity index (χ2n) is 8.09. The van der Waals surface area contributed by atoms with Crippen molar-refractivity contribution in [1.82, 2.24) is 4.90 Å². The summed E-state index contributed by atoms with van der Waals surface area (Å²) in [6, 6.07) is 13.0. The van der Waals surface area contributed by atoms with E-state index in [1.807, 2.05) is 7.05 Å². The number of nitrogens with zero attached hydrogens (tertiary/aromatic N) is 2. The summed E-state index contributed by atoms with van der Waals surface area (Å²) < 4.78 is 18.6. The first kappa shape index (κ1) is 20.7. The number of rotatable bonds is 9. The number of carbonyl (C=O) groups excluding carboxylic acids is 1. The number of piperidine rings is 1. The van der Waals surface area contributed by atoms with Crippen LogP contribution in [0.4, 0.5) is 15.8 Å². The fraction of sp³-hybridized carbons (Fsp3) is 0.458. The number of anilines is 2. The summed E-state index contributed by atoms with van der Waals surface area (Å²) in [6.45, 7) is 4.22. The number of fused-ring (bicyclic) bond motifs is 3. The Labute approximate surface area is 177 Å². The lowest BCUT2D eigenvalue weighted by molar-refractivity contribution is -0.106. The van der Waals surface area contributed by atoms with Crippen molar-refractivity contribution in [1.29, 1.82) is 0 Å². The van der Waals surface area contributed by atoms with Gasteiger partial charge in [-0.05, 0) is 61.7 Å². The highest BCUT2D eigenvalue weighted by Gasteiger charge is 2.42. The van der Waals surface area contributed by atoms with Crippen LogP contribution in [0.1, 0.15) is 30.7 Å². The number of ether oxygens (including phenoxy) is 1. The molecule has 6 heteroatoms. The van der Waals surface area contributed by atoms with Gasteiger partial charge in [-0.1, -0.05) is 12.1 Å². The van der Waals surface area contributed by atoms with Crippen LogP contribution in [-0.4, -0.2) is 57.1 Å². The predicted octanol–water partition coefficient (Wildman–Crippen LogP) is 3.90. The van der Waals surface area contributed by atoms with Crippen LogP contribution in [0, 0.1) is 5.82 Å². The molecule has 1 fully saturated rings. The van der Waals surface area contributed by atoms with Crippen molar-refractivity contribution in [3.8, 4) is 5.75 Å². The molecular weight excluding hydrogens is 381 g/mol. The van der Waals surface area contributed by atoms with Crippen molar-refractivity contribution >= 4 is 17.7 Å². The number of halogens is 1. The van der Waals surface area contributed by atoms with Gasteiger partial charge in [-0.15, -0.1) is 0 Å². The monoisotopic (exact) mass is 411 g/mol. The maximum atomic E-state index is 12.9. The van der Waals surface area contributed by atoms with Crippen LogP contribution in [-0.2, 0) is 4.79 Å². The van der Waals surface area contributed by atoms with Crippen molar-refractivity contribution < 1.29 is 13.9 Å². The minimum Gasteiger partial charge on any atom is -0.494 e. The van der Waals surface area contributed by atoms with E-state index in [9.17, 15) is 9.18 Å². The number of likely N-dealkylation sites (tertiary alicyclic amines) is 1. The third-order valence-corrected chi connectivity index (χ3v) is 6.31. The molecule has 0 radical (unpaired) electrons. The molecule has 2 aliphatic rings. The summed E-state index contributed by atoms with van der Waals surface area (Å²) >= 11 is 0. The molecule has 0 aromatic heterocycles. The standard InChI is InChI=1S/C24H30FN3O2/c1-26-22-6-4-5-20-21-17-27(13-11-23(21)28(14-15-29)24(20)22)12-2-3-16-30-19-9-7-18(25)8-10-19/h4-10,15,21,23,26H,2-3,11-14,16-17H2,1H3. The van der Waals surface area contributed by atoms with Gasteiger partial charge in [-0.25, -0.2) is 4.39 Å². The number of aldehydes is 1. The number of carbonyl (C=O) groups is 1. The Morgan fingerprint density at radius 3 is 2.80 bits per heavy atom. The minimum absolute atomic E-state index is 0.243. The average Bonchev–Trinajstić information content (AvgIpc) is 3.08. The maximum Gasteiger partial charge on any atom is 0.139 e. The molecule has 4 rings (SSSR count). The maximum absolute atomic E-state index is 12.9. The first-order valence-corrected chi connectivity index (χ1v) is 10.8. The molecule has 2 aliphatic heterocycles. The van der Waals surface area contributed by atoms with Gasteiger partial charge in [-0.3, -0.25) is 0 Å². The first-order chi connectivity index (χ1) is 14.7. The number of nitrogens with one attached hydrogen (secondary N) is 1. The Bertz CT molecular complexity index is 858. The minimum atomic E-state index is -0.243. The van der Waals surface area contributed by atoms with E-state index < -0.39 is 0 Å². The van der Waals surface area contributed by atoms with Crippen LogP contribution in [0.5, 0.6) is 5.75 Å². The zero-order valence-electron chi connectivity index (χ0n) is 17.5. The highest BCUT2D eigenvalue weighted by atomic mass is 19.1. The molecule has 1 N–H and O–H groups in total. The Morgan fingerprint density at radius 1 is 1.20 bits per heavy atom. The van der Waals surface area contributed by atoms with Crippen molar-refractivity contribution in [3.05, 3.63) is 53.8 Å². The lowest BCUT2D eigenvalue weighted by Gasteiger charge is -2.38. The predicted molar refractivity (Wildman–Crippen MR) is 118 cm³/mol. The molecule has 2 unspecified atom stereocenters. The molecule has 0 saturated carbocycles. The lowest BCUT2D eigenvalue weighted by atomic mass is 9.89. The molecule has 0 bridgehead atoms. The average molecular weight is 412 g/mol. The van der Waals surface area contributed by atoms with E-state index in [4.69, 9.17) is 4.74 Å². The van der Waals surface area contributed by atoms with Gasteiger partial charge in [0.1, 0.15) is 17.9 Å². The van der Waals surface area contributed by atoms with Crippen molar-refractivity contribution in [2.24, 2.45) is 0 Å².